The Morgan fingerprint density at radius 3 is 2.75 bits per heavy atom. The van der Waals surface area contributed by atoms with Gasteiger partial charge in [-0.2, -0.15) is 0 Å². The maximum Gasteiger partial charge on any atom is 0.204 e. The summed E-state index contributed by atoms with van der Waals surface area (Å²) in [6.07, 6.45) is 0.125. The molecule has 0 aliphatic carbocycles. The molecule has 6 nitrogen and oxygen atoms in total. The zero-order chi connectivity index (χ0) is 11.8. The molecule has 0 radical (unpaired) electrons. The van der Waals surface area contributed by atoms with Crippen LogP contribution in [-0.4, -0.2) is 30.9 Å². The Balaban J connectivity index is 0.000000386. The van der Waals surface area contributed by atoms with Gasteiger partial charge in [0.05, 0.1) is 6.54 Å². The summed E-state index contributed by atoms with van der Waals surface area (Å²) in [5, 5.41) is 8.48. The summed E-state index contributed by atoms with van der Waals surface area (Å²) in [6.45, 7) is 0.832. The van der Waals surface area contributed by atoms with Gasteiger partial charge in [0.15, 0.2) is 11.5 Å². The van der Waals surface area contributed by atoms with E-state index in [4.69, 9.17) is 19.5 Å². The van der Waals surface area contributed by atoms with Crippen molar-refractivity contribution in [2.75, 3.05) is 13.2 Å². The number of nitrogens with two attached hydrogens (primary N) is 1. The molecule has 1 atom stereocenters. The van der Waals surface area contributed by atoms with Crippen molar-refractivity contribution in [3.63, 3.8) is 0 Å². The Morgan fingerprint density at radius 2 is 2.12 bits per heavy atom. The van der Waals surface area contributed by atoms with Gasteiger partial charge in [0.2, 0.25) is 6.41 Å². The summed E-state index contributed by atoms with van der Waals surface area (Å²) in [5.74, 6) is 1.49. The van der Waals surface area contributed by atoms with Gasteiger partial charge in [-0.25, -0.2) is 5.48 Å². The van der Waals surface area contributed by atoms with Crippen molar-refractivity contribution in [1.29, 1.82) is 0 Å². The van der Waals surface area contributed by atoms with E-state index in [1.807, 2.05) is 24.3 Å². The van der Waals surface area contributed by atoms with E-state index in [2.05, 4.69) is 11.2 Å². The number of hydrogen-bond acceptors (Lipinski definition) is 5. The lowest BCUT2D eigenvalue weighted by Crippen LogP contribution is -2.37. The third kappa shape index (κ3) is 3.41. The minimum atomic E-state index is -0.125. The molecule has 6 heteroatoms. The molecule has 1 aromatic rings. The number of carbonyl (C=O) groups excluding carboxylic acids is 1. The van der Waals surface area contributed by atoms with E-state index in [1.54, 1.807) is 0 Å². The minimum Gasteiger partial charge on any atom is -0.486 e. The van der Waals surface area contributed by atoms with Crippen LogP contribution in [0.4, 0.5) is 0 Å². The highest BCUT2D eigenvalue weighted by molar-refractivity contribution is 5.42. The fourth-order valence-electron chi connectivity index (χ4n) is 1.27. The van der Waals surface area contributed by atoms with Crippen LogP contribution in [0.2, 0.25) is 0 Å². The molecule has 0 aromatic heterocycles. The quantitative estimate of drug-likeness (QED) is 0.484. The van der Waals surface area contributed by atoms with Gasteiger partial charge in [0, 0.05) is 0 Å². The van der Waals surface area contributed by atoms with Crippen molar-refractivity contribution in [3.05, 3.63) is 24.3 Å². The molecule has 1 aromatic carbocycles. The number of rotatable bonds is 2. The average Bonchev–Trinajstić information content (AvgIpc) is 2.30. The van der Waals surface area contributed by atoms with Crippen molar-refractivity contribution >= 4 is 6.41 Å². The first-order chi connectivity index (χ1) is 7.81. The molecule has 88 valence electrons. The molecule has 0 spiro atoms. The Bertz CT molecular complexity index is 332. The van der Waals surface area contributed by atoms with E-state index in [9.17, 15) is 0 Å². The van der Waals surface area contributed by atoms with Crippen LogP contribution in [-0.2, 0) is 4.79 Å². The number of para-hydroxylation sites is 2. The minimum absolute atomic E-state index is 0.125. The fourth-order valence-corrected chi connectivity index (χ4v) is 1.27. The molecule has 1 heterocycles. The molecule has 0 saturated carbocycles. The van der Waals surface area contributed by atoms with Crippen LogP contribution in [0.25, 0.3) is 0 Å². The standard InChI is InChI=1S/C9H11NO3.CH3NO/c11-10-5-7-6-12-8-3-1-2-4-9(8)13-7;2-1-3/h1-4,7,10-11H,5-6H2;1H,(H2,2,3). The van der Waals surface area contributed by atoms with Crippen LogP contribution in [0.5, 0.6) is 11.5 Å². The summed E-state index contributed by atoms with van der Waals surface area (Å²) in [7, 11) is 0. The predicted octanol–water partition coefficient (Wildman–Crippen LogP) is -0.0933. The van der Waals surface area contributed by atoms with Crippen molar-refractivity contribution in [1.82, 2.24) is 5.48 Å². The van der Waals surface area contributed by atoms with Gasteiger partial charge in [0.25, 0.3) is 0 Å². The second kappa shape index (κ2) is 6.65. The predicted molar refractivity (Wildman–Crippen MR) is 56.4 cm³/mol. The summed E-state index contributed by atoms with van der Waals surface area (Å²) in [6, 6.07) is 7.49. The highest BCUT2D eigenvalue weighted by atomic mass is 16.6. The van der Waals surface area contributed by atoms with Crippen LogP contribution in [0.3, 0.4) is 0 Å². The van der Waals surface area contributed by atoms with Crippen LogP contribution in [0.15, 0.2) is 24.3 Å². The number of fused-ring (bicyclic) bond motifs is 1. The van der Waals surface area contributed by atoms with Gasteiger partial charge in [0.1, 0.15) is 12.7 Å². The van der Waals surface area contributed by atoms with Crippen molar-refractivity contribution in [2.24, 2.45) is 5.73 Å². The summed E-state index contributed by atoms with van der Waals surface area (Å²) < 4.78 is 10.9. The monoisotopic (exact) mass is 226 g/mol. The van der Waals surface area contributed by atoms with Crippen LogP contribution in [0.1, 0.15) is 0 Å². The van der Waals surface area contributed by atoms with Gasteiger partial charge in [-0.1, -0.05) is 12.1 Å². The molecule has 1 aliphatic heterocycles. The zero-order valence-corrected chi connectivity index (χ0v) is 8.63. The van der Waals surface area contributed by atoms with Gasteiger partial charge in [-0.05, 0) is 12.1 Å². The van der Waals surface area contributed by atoms with Gasteiger partial charge in [-0.15, -0.1) is 0 Å². The zero-order valence-electron chi connectivity index (χ0n) is 8.63. The van der Waals surface area contributed by atoms with Crippen LogP contribution < -0.4 is 20.7 Å². The normalized spacial score (nSPS) is 16.9. The molecule has 0 fully saturated rings. The first-order valence-corrected chi connectivity index (χ1v) is 4.72. The Labute approximate surface area is 92.9 Å². The molecular weight excluding hydrogens is 212 g/mol. The molecule has 1 amide bonds. The van der Waals surface area contributed by atoms with Gasteiger partial charge in [-0.3, -0.25) is 4.79 Å². The highest BCUT2D eigenvalue weighted by Gasteiger charge is 2.19. The summed E-state index contributed by atoms with van der Waals surface area (Å²) in [4.78, 5) is 8.58. The average molecular weight is 226 g/mol. The number of primary amides is 1. The molecular formula is C10H14N2O4. The van der Waals surface area contributed by atoms with Gasteiger partial charge >= 0.3 is 0 Å². The van der Waals surface area contributed by atoms with E-state index in [0.717, 1.165) is 11.5 Å². The number of amides is 1. The lowest BCUT2D eigenvalue weighted by molar-refractivity contribution is -0.106. The number of benzene rings is 1. The lowest BCUT2D eigenvalue weighted by Gasteiger charge is -2.25. The van der Waals surface area contributed by atoms with E-state index in [-0.39, 0.29) is 12.5 Å². The molecule has 0 bridgehead atoms. The Kier molecular flexibility index (Phi) is 5.10. The third-order valence-electron chi connectivity index (χ3n) is 1.89. The Morgan fingerprint density at radius 1 is 1.50 bits per heavy atom. The summed E-state index contributed by atoms with van der Waals surface area (Å²) in [5.41, 5.74) is 6.23. The third-order valence-corrected chi connectivity index (χ3v) is 1.89. The van der Waals surface area contributed by atoms with E-state index in [0.29, 0.717) is 13.2 Å². The number of nitrogens with one attached hydrogen (secondary N) is 1. The topological polar surface area (TPSA) is 93.8 Å². The number of hydroxylamine groups is 1. The van der Waals surface area contributed by atoms with Crippen molar-refractivity contribution in [2.45, 2.75) is 6.10 Å². The maximum absolute atomic E-state index is 8.58. The second-order valence-electron chi connectivity index (χ2n) is 3.00. The first-order valence-electron chi connectivity index (χ1n) is 4.72. The van der Waals surface area contributed by atoms with Crippen molar-refractivity contribution < 1.29 is 19.5 Å². The highest BCUT2D eigenvalue weighted by Crippen LogP contribution is 2.30. The first kappa shape index (κ1) is 12.3. The SMILES string of the molecule is NC=O.ONCC1COc2ccccc2O1. The second-order valence-corrected chi connectivity index (χ2v) is 3.00. The largest absolute Gasteiger partial charge is 0.486 e. The van der Waals surface area contributed by atoms with E-state index < -0.39 is 0 Å². The molecule has 16 heavy (non-hydrogen) atoms. The van der Waals surface area contributed by atoms with Crippen LogP contribution in [0, 0.1) is 0 Å². The van der Waals surface area contributed by atoms with E-state index >= 15 is 0 Å². The number of carbonyl (C=O) groups is 1. The summed E-state index contributed by atoms with van der Waals surface area (Å²) >= 11 is 0. The Hall–Kier alpha value is -1.79. The van der Waals surface area contributed by atoms with Gasteiger partial charge < -0.3 is 20.4 Å². The fraction of sp³-hybridized carbons (Fsp3) is 0.300. The molecule has 1 aliphatic rings. The molecule has 2 rings (SSSR count). The van der Waals surface area contributed by atoms with Crippen LogP contribution >= 0.6 is 0 Å². The maximum atomic E-state index is 8.58. The molecule has 0 saturated heterocycles. The number of ether oxygens (including phenoxy) is 2. The number of hydrogen-bond donors (Lipinski definition) is 3. The molecule has 1 unspecified atom stereocenters. The molecule has 4 N–H and O–H groups in total. The smallest absolute Gasteiger partial charge is 0.204 e. The lowest BCUT2D eigenvalue weighted by atomic mass is 10.2. The van der Waals surface area contributed by atoms with E-state index in [1.165, 1.54) is 0 Å². The van der Waals surface area contributed by atoms with Crippen molar-refractivity contribution in [3.8, 4) is 11.5 Å².